The number of H-pyrrole nitrogens is 1. The zero-order valence-corrected chi connectivity index (χ0v) is 16.7. The van der Waals surface area contributed by atoms with Gasteiger partial charge in [-0.25, -0.2) is 14.4 Å². The summed E-state index contributed by atoms with van der Waals surface area (Å²) in [7, 11) is 0. The fourth-order valence-corrected chi connectivity index (χ4v) is 3.96. The normalized spacial score (nSPS) is 24.1. The molecule has 30 heavy (non-hydrogen) atoms. The van der Waals surface area contributed by atoms with E-state index >= 15 is 0 Å². The van der Waals surface area contributed by atoms with Gasteiger partial charge in [0.1, 0.15) is 24.1 Å². The van der Waals surface area contributed by atoms with Crippen molar-refractivity contribution >= 4 is 16.9 Å². The molecule has 0 bridgehead atoms. The van der Waals surface area contributed by atoms with Gasteiger partial charge in [-0.2, -0.15) is 0 Å². The third-order valence-corrected chi connectivity index (χ3v) is 5.68. The predicted octanol–water partition coefficient (Wildman–Crippen LogP) is -0.0124. The number of hydrogen-bond donors (Lipinski definition) is 5. The molecule has 0 unspecified atom stereocenters. The number of aromatic nitrogens is 5. The molecule has 0 aromatic carbocycles. The number of aliphatic hydroxyl groups excluding tert-OH is 4. The lowest BCUT2D eigenvalue weighted by Crippen LogP contribution is -2.24. The van der Waals surface area contributed by atoms with Crippen molar-refractivity contribution in [2.24, 2.45) is 0 Å². The highest BCUT2D eigenvalue weighted by molar-refractivity contribution is 5.72. The first kappa shape index (κ1) is 20.9. The number of unbranched alkanes of at least 4 members (excludes halogenated alkanes) is 2. The van der Waals surface area contributed by atoms with Crippen molar-refractivity contribution in [3.8, 4) is 0 Å². The molecule has 0 saturated carbocycles. The van der Waals surface area contributed by atoms with E-state index in [0.717, 1.165) is 19.3 Å². The number of nitrogens with one attached hydrogen (secondary N) is 1. The number of fused-ring (bicyclic) bond motifs is 2. The third kappa shape index (κ3) is 3.52. The molecule has 0 aliphatic carbocycles. The van der Waals surface area contributed by atoms with E-state index in [1.54, 1.807) is 4.57 Å². The van der Waals surface area contributed by atoms with E-state index in [9.17, 15) is 25.2 Å². The van der Waals surface area contributed by atoms with E-state index < -0.39 is 36.2 Å². The Morgan fingerprint density at radius 2 is 2.13 bits per heavy atom. The van der Waals surface area contributed by atoms with E-state index in [1.807, 2.05) is 0 Å². The minimum Gasteiger partial charge on any atom is -0.394 e. The second-order valence-electron chi connectivity index (χ2n) is 7.74. The molecular weight excluding hydrogens is 394 g/mol. The molecule has 11 heteroatoms. The van der Waals surface area contributed by atoms with Crippen molar-refractivity contribution in [1.82, 2.24) is 23.9 Å². The number of nitrogens with zero attached hydrogens (tertiary/aromatic N) is 4. The van der Waals surface area contributed by atoms with Crippen LogP contribution in [0.5, 0.6) is 0 Å². The van der Waals surface area contributed by atoms with E-state index in [4.69, 9.17) is 4.74 Å². The highest BCUT2D eigenvalue weighted by Gasteiger charge is 2.35. The summed E-state index contributed by atoms with van der Waals surface area (Å²) in [5, 5.41) is 40.2. The molecule has 11 nitrogen and oxygen atoms in total. The lowest BCUT2D eigenvalue weighted by molar-refractivity contribution is -0.0432. The van der Waals surface area contributed by atoms with Crippen LogP contribution in [0.1, 0.15) is 57.1 Å². The molecule has 4 rings (SSSR count). The Hall–Kier alpha value is -2.31. The second-order valence-corrected chi connectivity index (χ2v) is 7.74. The Kier molecular flexibility index (Phi) is 5.89. The summed E-state index contributed by atoms with van der Waals surface area (Å²) in [6.45, 7) is 1.74. The SMILES string of the molecule is CCCCC[C@@H](O)[C@H](O)c1cnc2[nH]c3c(ncn3[C@H]3C[C@H](O)[C@@H](CO)O3)c(=O)n12. The fourth-order valence-electron chi connectivity index (χ4n) is 3.96. The molecular formula is C19H27N5O6. The van der Waals surface area contributed by atoms with Gasteiger partial charge in [0.05, 0.1) is 37.0 Å². The largest absolute Gasteiger partial charge is 0.394 e. The summed E-state index contributed by atoms with van der Waals surface area (Å²) in [5.74, 6) is 0.196. The van der Waals surface area contributed by atoms with Gasteiger partial charge in [-0.05, 0) is 6.42 Å². The van der Waals surface area contributed by atoms with Crippen LogP contribution in [-0.2, 0) is 4.74 Å². The Balaban J connectivity index is 1.69. The van der Waals surface area contributed by atoms with E-state index in [0.29, 0.717) is 12.1 Å². The summed E-state index contributed by atoms with van der Waals surface area (Å²) in [6.07, 6.45) is 1.79. The first-order valence-corrected chi connectivity index (χ1v) is 10.2. The van der Waals surface area contributed by atoms with Gasteiger partial charge in [0, 0.05) is 6.42 Å². The first-order chi connectivity index (χ1) is 14.5. The van der Waals surface area contributed by atoms with Gasteiger partial charge >= 0.3 is 0 Å². The number of hydrogen-bond acceptors (Lipinski definition) is 8. The maximum atomic E-state index is 13.1. The minimum absolute atomic E-state index is 0.111. The summed E-state index contributed by atoms with van der Waals surface area (Å²) < 4.78 is 8.45. The van der Waals surface area contributed by atoms with Gasteiger partial charge in [-0.1, -0.05) is 26.2 Å². The first-order valence-electron chi connectivity index (χ1n) is 10.2. The highest BCUT2D eigenvalue weighted by Crippen LogP contribution is 2.30. The highest BCUT2D eigenvalue weighted by atomic mass is 16.5. The topological polar surface area (TPSA) is 158 Å². The molecule has 5 N–H and O–H groups in total. The van der Waals surface area contributed by atoms with Gasteiger partial charge < -0.3 is 30.1 Å². The van der Waals surface area contributed by atoms with Crippen LogP contribution in [0.3, 0.4) is 0 Å². The molecule has 1 fully saturated rings. The van der Waals surface area contributed by atoms with Crippen LogP contribution >= 0.6 is 0 Å². The molecule has 164 valence electrons. The number of rotatable bonds is 8. The van der Waals surface area contributed by atoms with Crippen molar-refractivity contribution < 1.29 is 25.2 Å². The second kappa shape index (κ2) is 8.44. The van der Waals surface area contributed by atoms with Crippen molar-refractivity contribution in [1.29, 1.82) is 0 Å². The van der Waals surface area contributed by atoms with Crippen molar-refractivity contribution in [2.75, 3.05) is 6.61 Å². The summed E-state index contributed by atoms with van der Waals surface area (Å²) in [4.78, 5) is 24.5. The predicted molar refractivity (Wildman–Crippen MR) is 106 cm³/mol. The number of imidazole rings is 2. The van der Waals surface area contributed by atoms with Crippen LogP contribution in [0.25, 0.3) is 16.9 Å². The monoisotopic (exact) mass is 421 g/mol. The van der Waals surface area contributed by atoms with Gasteiger partial charge in [-0.15, -0.1) is 0 Å². The zero-order valence-electron chi connectivity index (χ0n) is 16.7. The number of aromatic amines is 1. The number of ether oxygens (including phenoxy) is 1. The zero-order chi connectivity index (χ0) is 21.4. The molecule has 3 aromatic rings. The molecule has 0 spiro atoms. The Morgan fingerprint density at radius 3 is 2.83 bits per heavy atom. The third-order valence-electron chi connectivity index (χ3n) is 5.68. The molecule has 1 aliphatic heterocycles. The van der Waals surface area contributed by atoms with Crippen LogP contribution in [0, 0.1) is 0 Å². The summed E-state index contributed by atoms with van der Waals surface area (Å²) in [5.41, 5.74) is 0.181. The standard InChI is InChI=1S/C19H27N5O6/c1-2-3-4-5-11(26)16(28)10-7-20-19-22-17-15(18(29)24(10)19)21-9-23(17)14-6-12(27)13(8-25)30-14/h7,9,11-14,16,25-28H,2-6,8H2,1H3,(H,20,22)/t11-,12+,13-,14-,16-/m1/s1. The van der Waals surface area contributed by atoms with Gasteiger partial charge in [0.2, 0.25) is 5.78 Å². The molecule has 0 amide bonds. The summed E-state index contributed by atoms with van der Waals surface area (Å²) >= 11 is 0. The lowest BCUT2D eigenvalue weighted by Gasteiger charge is -2.17. The van der Waals surface area contributed by atoms with E-state index in [1.165, 1.54) is 16.9 Å². The smallest absolute Gasteiger partial charge is 0.287 e. The van der Waals surface area contributed by atoms with Crippen LogP contribution < -0.4 is 5.56 Å². The maximum absolute atomic E-state index is 13.1. The van der Waals surface area contributed by atoms with E-state index in [-0.39, 0.29) is 30.0 Å². The van der Waals surface area contributed by atoms with Crippen LogP contribution in [0.2, 0.25) is 0 Å². The molecule has 5 atom stereocenters. The van der Waals surface area contributed by atoms with Crippen molar-refractivity contribution in [3.63, 3.8) is 0 Å². The Labute approximate surface area is 171 Å². The molecule has 4 heterocycles. The average molecular weight is 421 g/mol. The Bertz CT molecular complexity index is 1070. The average Bonchev–Trinajstić information content (AvgIpc) is 3.44. The van der Waals surface area contributed by atoms with Crippen LogP contribution in [0.4, 0.5) is 0 Å². The van der Waals surface area contributed by atoms with Gasteiger partial charge in [-0.3, -0.25) is 9.36 Å². The molecule has 1 saturated heterocycles. The summed E-state index contributed by atoms with van der Waals surface area (Å²) in [6, 6.07) is 0. The van der Waals surface area contributed by atoms with Crippen molar-refractivity contribution in [2.45, 2.75) is 69.7 Å². The quantitative estimate of drug-likeness (QED) is 0.318. The fraction of sp³-hybridized carbons (Fsp3) is 0.632. The maximum Gasteiger partial charge on any atom is 0.287 e. The Morgan fingerprint density at radius 1 is 1.33 bits per heavy atom. The number of aliphatic hydroxyl groups is 4. The molecule has 1 aliphatic rings. The van der Waals surface area contributed by atoms with E-state index in [2.05, 4.69) is 21.9 Å². The minimum atomic E-state index is -1.25. The van der Waals surface area contributed by atoms with Gasteiger partial charge in [0.25, 0.3) is 5.56 Å². The van der Waals surface area contributed by atoms with Crippen molar-refractivity contribution in [3.05, 3.63) is 28.6 Å². The molecule has 3 aromatic heterocycles. The lowest BCUT2D eigenvalue weighted by atomic mass is 10.0. The molecule has 0 radical (unpaired) electrons. The van der Waals surface area contributed by atoms with Crippen LogP contribution in [0.15, 0.2) is 17.3 Å². The van der Waals surface area contributed by atoms with Gasteiger partial charge in [0.15, 0.2) is 5.52 Å². The van der Waals surface area contributed by atoms with Crippen LogP contribution in [-0.4, -0.2) is 69.3 Å².